The van der Waals surface area contributed by atoms with Gasteiger partial charge in [-0.05, 0) is 64.6 Å². The second-order valence-corrected chi connectivity index (χ2v) is 8.91. The minimum atomic E-state index is -2.80. The molecule has 2 unspecified atom stereocenters. The molecule has 5 heteroatoms. The van der Waals surface area contributed by atoms with Crippen molar-refractivity contribution in [2.24, 2.45) is 5.92 Å². The first-order chi connectivity index (χ1) is 9.53. The lowest BCUT2D eigenvalue weighted by Crippen LogP contribution is -2.44. The van der Waals surface area contributed by atoms with Crippen LogP contribution in [0.1, 0.15) is 46.0 Å². The van der Waals surface area contributed by atoms with Gasteiger partial charge in [-0.3, -0.25) is 0 Å². The van der Waals surface area contributed by atoms with E-state index in [1.54, 1.807) is 0 Å². The van der Waals surface area contributed by atoms with Gasteiger partial charge in [-0.15, -0.1) is 0 Å². The highest BCUT2D eigenvalue weighted by atomic mass is 32.2. The molecule has 2 aliphatic heterocycles. The van der Waals surface area contributed by atoms with E-state index < -0.39 is 9.84 Å². The number of nitrogens with zero attached hydrogens (tertiary/aromatic N) is 1. The summed E-state index contributed by atoms with van der Waals surface area (Å²) in [6, 6.07) is 0.439. The molecule has 0 aromatic carbocycles. The van der Waals surface area contributed by atoms with E-state index in [0.29, 0.717) is 24.3 Å². The first-order valence-electron chi connectivity index (χ1n) is 8.20. The summed E-state index contributed by atoms with van der Waals surface area (Å²) in [5.74, 6) is 1.09. The molecule has 2 heterocycles. The van der Waals surface area contributed by atoms with Crippen LogP contribution in [0.15, 0.2) is 0 Å². The van der Waals surface area contributed by atoms with E-state index in [9.17, 15) is 8.42 Å². The Morgan fingerprint density at radius 1 is 1.25 bits per heavy atom. The molecule has 0 amide bonds. The molecule has 2 atom stereocenters. The maximum atomic E-state index is 11.8. The van der Waals surface area contributed by atoms with Gasteiger partial charge in [0.15, 0.2) is 9.84 Å². The van der Waals surface area contributed by atoms with Crippen LogP contribution in [0.5, 0.6) is 0 Å². The van der Waals surface area contributed by atoms with Crippen LogP contribution in [0.3, 0.4) is 0 Å². The molecule has 20 heavy (non-hydrogen) atoms. The van der Waals surface area contributed by atoms with Crippen LogP contribution in [-0.4, -0.2) is 56.5 Å². The number of likely N-dealkylation sites (tertiary alicyclic amines) is 1. The van der Waals surface area contributed by atoms with Crippen LogP contribution in [-0.2, 0) is 9.84 Å². The predicted molar refractivity (Wildman–Crippen MR) is 83.7 cm³/mol. The monoisotopic (exact) mass is 302 g/mol. The fourth-order valence-electron chi connectivity index (χ4n) is 3.56. The van der Waals surface area contributed by atoms with Gasteiger partial charge < -0.3 is 10.2 Å². The van der Waals surface area contributed by atoms with Crippen molar-refractivity contribution < 1.29 is 8.42 Å². The lowest BCUT2D eigenvalue weighted by molar-refractivity contribution is 0.163. The van der Waals surface area contributed by atoms with E-state index in [-0.39, 0.29) is 5.25 Å². The number of rotatable bonds is 6. The van der Waals surface area contributed by atoms with Gasteiger partial charge in [0, 0.05) is 12.6 Å². The molecule has 0 bridgehead atoms. The molecule has 2 saturated heterocycles. The average molecular weight is 302 g/mol. The Kier molecular flexibility index (Phi) is 5.87. The van der Waals surface area contributed by atoms with E-state index in [2.05, 4.69) is 24.1 Å². The number of piperidine rings is 1. The van der Waals surface area contributed by atoms with Gasteiger partial charge in [0.1, 0.15) is 0 Å². The molecular weight excluding hydrogens is 272 g/mol. The fourth-order valence-corrected chi connectivity index (χ4v) is 5.34. The molecule has 0 spiro atoms. The molecule has 0 aromatic rings. The molecular formula is C15H30N2O2S. The highest BCUT2D eigenvalue weighted by Gasteiger charge is 2.32. The molecule has 2 rings (SSSR count). The van der Waals surface area contributed by atoms with Gasteiger partial charge in [0.25, 0.3) is 0 Å². The molecule has 0 aliphatic carbocycles. The van der Waals surface area contributed by atoms with Crippen molar-refractivity contribution >= 4 is 9.84 Å². The highest BCUT2D eigenvalue weighted by Crippen LogP contribution is 2.22. The van der Waals surface area contributed by atoms with Crippen molar-refractivity contribution in [2.45, 2.75) is 57.2 Å². The van der Waals surface area contributed by atoms with Crippen LogP contribution in [0, 0.1) is 5.92 Å². The van der Waals surface area contributed by atoms with Gasteiger partial charge in [-0.1, -0.05) is 6.92 Å². The van der Waals surface area contributed by atoms with E-state index >= 15 is 0 Å². The third kappa shape index (κ3) is 4.18. The smallest absolute Gasteiger partial charge is 0.154 e. The first kappa shape index (κ1) is 16.2. The van der Waals surface area contributed by atoms with Crippen LogP contribution in [0.4, 0.5) is 0 Å². The Morgan fingerprint density at radius 3 is 2.50 bits per heavy atom. The molecule has 1 N–H and O–H groups in total. The van der Waals surface area contributed by atoms with Crippen LogP contribution >= 0.6 is 0 Å². The van der Waals surface area contributed by atoms with Crippen LogP contribution in [0.2, 0.25) is 0 Å². The van der Waals surface area contributed by atoms with E-state index in [1.165, 1.54) is 38.9 Å². The van der Waals surface area contributed by atoms with Crippen LogP contribution < -0.4 is 5.32 Å². The van der Waals surface area contributed by atoms with Crippen molar-refractivity contribution in [3.63, 3.8) is 0 Å². The highest BCUT2D eigenvalue weighted by molar-refractivity contribution is 7.92. The van der Waals surface area contributed by atoms with Gasteiger partial charge in [-0.25, -0.2) is 8.42 Å². The zero-order chi connectivity index (χ0) is 14.6. The van der Waals surface area contributed by atoms with Gasteiger partial charge in [-0.2, -0.15) is 0 Å². The lowest BCUT2D eigenvalue weighted by Gasteiger charge is -2.35. The number of sulfone groups is 1. The summed E-state index contributed by atoms with van der Waals surface area (Å²) in [5.41, 5.74) is 0. The van der Waals surface area contributed by atoms with Gasteiger partial charge in [0.2, 0.25) is 0 Å². The zero-order valence-electron chi connectivity index (χ0n) is 13.0. The third-order valence-corrected chi connectivity index (χ3v) is 7.29. The van der Waals surface area contributed by atoms with Crippen molar-refractivity contribution in [3.05, 3.63) is 0 Å². The molecule has 0 radical (unpaired) electrons. The minimum absolute atomic E-state index is 0.134. The maximum absolute atomic E-state index is 11.8. The summed E-state index contributed by atoms with van der Waals surface area (Å²) >= 11 is 0. The van der Waals surface area contributed by atoms with Crippen molar-refractivity contribution in [1.82, 2.24) is 10.2 Å². The second kappa shape index (κ2) is 7.23. The number of nitrogens with one attached hydrogen (secondary N) is 1. The average Bonchev–Trinajstić information content (AvgIpc) is 2.76. The molecule has 118 valence electrons. The summed E-state index contributed by atoms with van der Waals surface area (Å²) in [6.07, 6.45) is 5.41. The summed E-state index contributed by atoms with van der Waals surface area (Å²) in [7, 11) is -2.80. The molecule has 4 nitrogen and oxygen atoms in total. The summed E-state index contributed by atoms with van der Waals surface area (Å²) in [5, 5.41) is 3.36. The van der Waals surface area contributed by atoms with Crippen LogP contribution in [0.25, 0.3) is 0 Å². The normalized spacial score (nSPS) is 29.6. The zero-order valence-corrected chi connectivity index (χ0v) is 13.8. The Morgan fingerprint density at radius 2 is 1.95 bits per heavy atom. The summed E-state index contributed by atoms with van der Waals surface area (Å²) < 4.78 is 23.6. The Balaban J connectivity index is 1.72. The van der Waals surface area contributed by atoms with Gasteiger partial charge in [0.05, 0.1) is 11.0 Å². The van der Waals surface area contributed by atoms with Gasteiger partial charge >= 0.3 is 0 Å². The minimum Gasteiger partial charge on any atom is -0.313 e. The largest absolute Gasteiger partial charge is 0.313 e. The Hall–Kier alpha value is -0.130. The maximum Gasteiger partial charge on any atom is 0.154 e. The van der Waals surface area contributed by atoms with E-state index in [0.717, 1.165) is 12.8 Å². The molecule has 2 aliphatic rings. The third-order valence-electron chi connectivity index (χ3n) is 5.01. The van der Waals surface area contributed by atoms with Crippen molar-refractivity contribution in [3.8, 4) is 0 Å². The van der Waals surface area contributed by atoms with E-state index in [4.69, 9.17) is 0 Å². The number of hydrogen-bond donors (Lipinski definition) is 1. The second-order valence-electron chi connectivity index (χ2n) is 6.51. The first-order valence-corrected chi connectivity index (χ1v) is 9.91. The summed E-state index contributed by atoms with van der Waals surface area (Å²) in [6.45, 7) is 8.73. The molecule has 0 aromatic heterocycles. The van der Waals surface area contributed by atoms with Crippen molar-refractivity contribution in [1.29, 1.82) is 0 Å². The summed E-state index contributed by atoms with van der Waals surface area (Å²) in [4.78, 5) is 2.55. The van der Waals surface area contributed by atoms with Crippen molar-refractivity contribution in [2.75, 3.05) is 31.9 Å². The predicted octanol–water partition coefficient (Wildman–Crippen LogP) is 1.66. The quantitative estimate of drug-likeness (QED) is 0.811. The Bertz CT molecular complexity index is 389. The number of hydrogen-bond acceptors (Lipinski definition) is 4. The Labute approximate surface area is 124 Å². The SMILES string of the molecule is CCCN1CCC(C(C)NCC2CCCS2(=O)=O)CC1. The fraction of sp³-hybridized carbons (Fsp3) is 1.00. The van der Waals surface area contributed by atoms with E-state index in [1.807, 2.05) is 0 Å². The standard InChI is InChI=1S/C15H30N2O2S/c1-3-8-17-9-6-14(7-10-17)13(2)16-12-15-5-4-11-20(15,18)19/h13-16H,3-12H2,1-2H3. The topological polar surface area (TPSA) is 49.4 Å². The molecule has 0 saturated carbocycles. The lowest BCUT2D eigenvalue weighted by atomic mass is 9.90. The molecule has 2 fully saturated rings.